The maximum Gasteiger partial charge on any atom is 0.339 e. The van der Waals surface area contributed by atoms with Crippen LogP contribution < -0.4 is 0 Å². The molecule has 1 atom stereocenters. The van der Waals surface area contributed by atoms with Gasteiger partial charge in [0.15, 0.2) is 6.10 Å². The highest BCUT2D eigenvalue weighted by Gasteiger charge is 2.30. The molecule has 0 fully saturated rings. The van der Waals surface area contributed by atoms with E-state index in [-0.39, 0.29) is 29.7 Å². The summed E-state index contributed by atoms with van der Waals surface area (Å²) in [7, 11) is 0. The Balaban J connectivity index is 3.40. The van der Waals surface area contributed by atoms with Crippen molar-refractivity contribution in [2.45, 2.75) is 46.3 Å². The minimum Gasteiger partial charge on any atom is -0.478 e. The summed E-state index contributed by atoms with van der Waals surface area (Å²) in [6.07, 6.45) is -2.35. The molecular weight excluding hydrogens is 572 g/mol. The van der Waals surface area contributed by atoms with Gasteiger partial charge in [-0.15, -0.1) is 0 Å². The van der Waals surface area contributed by atoms with Crippen molar-refractivity contribution in [3.05, 3.63) is 70.8 Å². The van der Waals surface area contributed by atoms with Crippen molar-refractivity contribution in [2.75, 3.05) is 19.8 Å². The molecule has 0 saturated heterocycles. The zero-order valence-electron chi connectivity index (χ0n) is 24.1. The summed E-state index contributed by atoms with van der Waals surface area (Å²) in [5.41, 5.74) is -3.04. The number of carboxylic acids is 2. The van der Waals surface area contributed by atoms with E-state index in [0.717, 1.165) is 0 Å². The van der Waals surface area contributed by atoms with Gasteiger partial charge < -0.3 is 33.9 Å². The Hall–Kier alpha value is -5.27. The molecule has 1 aromatic carbocycles. The van der Waals surface area contributed by atoms with Crippen LogP contribution in [0.4, 0.5) is 0 Å². The fraction of sp³-hybridized carbons (Fsp3) is 0.345. The fourth-order valence-corrected chi connectivity index (χ4v) is 2.95. The number of aromatic carboxylic acids is 2. The molecule has 2 N–H and O–H groups in total. The number of carboxylic acid groups (broad SMARTS) is 2. The maximum atomic E-state index is 13.1. The topological polar surface area (TPSA) is 206 Å². The van der Waals surface area contributed by atoms with E-state index in [1.54, 1.807) is 6.92 Å². The van der Waals surface area contributed by atoms with Crippen molar-refractivity contribution < 1.29 is 67.5 Å². The van der Waals surface area contributed by atoms with Crippen molar-refractivity contribution in [2.24, 2.45) is 0 Å². The predicted molar refractivity (Wildman–Crippen MR) is 146 cm³/mol. The number of hydrogen-bond donors (Lipinski definition) is 2. The number of hydrogen-bond acceptors (Lipinski definition) is 12. The zero-order chi connectivity index (χ0) is 33.0. The number of carbonyl (C=O) groups excluding carboxylic acids is 5. The van der Waals surface area contributed by atoms with Gasteiger partial charge in [-0.05, 0) is 39.3 Å². The maximum absolute atomic E-state index is 13.1. The van der Waals surface area contributed by atoms with Gasteiger partial charge in [-0.3, -0.25) is 0 Å². The summed E-state index contributed by atoms with van der Waals surface area (Å²) in [4.78, 5) is 85.3. The summed E-state index contributed by atoms with van der Waals surface area (Å²) in [5, 5.41) is 19.5. The van der Waals surface area contributed by atoms with Crippen molar-refractivity contribution in [3.63, 3.8) is 0 Å². The molecule has 14 nitrogen and oxygen atoms in total. The van der Waals surface area contributed by atoms with Gasteiger partial charge in [0.05, 0.1) is 22.3 Å². The van der Waals surface area contributed by atoms with Gasteiger partial charge in [-0.1, -0.05) is 26.7 Å². The smallest absolute Gasteiger partial charge is 0.339 e. The van der Waals surface area contributed by atoms with Gasteiger partial charge in [0.2, 0.25) is 0 Å². The minimum atomic E-state index is -1.74. The number of carbonyl (C=O) groups is 7. The van der Waals surface area contributed by atoms with Gasteiger partial charge in [-0.25, -0.2) is 33.6 Å². The Morgan fingerprint density at radius 2 is 0.907 bits per heavy atom. The Kier molecular flexibility index (Phi) is 13.5. The highest BCUT2D eigenvalue weighted by Crippen LogP contribution is 2.22. The van der Waals surface area contributed by atoms with E-state index < -0.39 is 89.5 Å². The summed E-state index contributed by atoms with van der Waals surface area (Å²) < 4.78 is 25.3. The average molecular weight is 605 g/mol. The molecule has 14 heteroatoms. The number of esters is 5. The molecule has 0 aliphatic heterocycles. The molecule has 0 saturated carbocycles. The summed E-state index contributed by atoms with van der Waals surface area (Å²) in [5.74, 6) is -8.61. The van der Waals surface area contributed by atoms with E-state index in [1.165, 1.54) is 20.8 Å². The van der Waals surface area contributed by atoms with Crippen LogP contribution in [0, 0.1) is 0 Å². The van der Waals surface area contributed by atoms with Crippen LogP contribution in [0.1, 0.15) is 75.5 Å². The average Bonchev–Trinajstić information content (AvgIpc) is 2.94. The first-order valence-corrected chi connectivity index (χ1v) is 12.5. The second-order valence-corrected chi connectivity index (χ2v) is 9.15. The fourth-order valence-electron chi connectivity index (χ4n) is 2.95. The first-order chi connectivity index (χ1) is 20.0. The molecule has 1 rings (SSSR count). The summed E-state index contributed by atoms with van der Waals surface area (Å²) in [6.45, 7) is 14.2. The highest BCUT2D eigenvalue weighted by atomic mass is 16.6. The Morgan fingerprint density at radius 1 is 0.605 bits per heavy atom. The third kappa shape index (κ3) is 10.9. The molecule has 232 valence electrons. The van der Waals surface area contributed by atoms with Crippen LogP contribution in [0.25, 0.3) is 0 Å². The summed E-state index contributed by atoms with van der Waals surface area (Å²) in [6, 6.07) is 1.22. The monoisotopic (exact) mass is 604 g/mol. The molecule has 0 aliphatic rings. The zero-order valence-corrected chi connectivity index (χ0v) is 24.1. The molecule has 0 heterocycles. The van der Waals surface area contributed by atoms with Crippen LogP contribution in [-0.2, 0) is 38.1 Å². The first-order valence-electron chi connectivity index (χ1n) is 12.5. The molecule has 0 aliphatic carbocycles. The van der Waals surface area contributed by atoms with Crippen LogP contribution in [0.3, 0.4) is 0 Å². The van der Waals surface area contributed by atoms with Gasteiger partial charge in [-0.2, -0.15) is 0 Å². The largest absolute Gasteiger partial charge is 0.478 e. The van der Waals surface area contributed by atoms with Gasteiger partial charge in [0.1, 0.15) is 25.9 Å². The standard InChI is InChI=1S/C29H32O14/c1-8-17(11-39-25(34)14(2)3)42-28(37)21-9-20(24(32)33)22(10-19(21)23(30)31)29(38)43-18(12-40-26(35)15(4)5)13-41-27(36)16(6)7/h9-10,17-18H,2,4,6,8,11-13H2,1,3,5,7H3,(H,30,31)(H,32,33). The van der Waals surface area contributed by atoms with Gasteiger partial charge in [0.25, 0.3) is 0 Å². The lowest BCUT2D eigenvalue weighted by Gasteiger charge is -2.20. The van der Waals surface area contributed by atoms with E-state index in [0.29, 0.717) is 12.1 Å². The van der Waals surface area contributed by atoms with Crippen LogP contribution in [0.2, 0.25) is 0 Å². The molecule has 0 amide bonds. The lowest BCUT2D eigenvalue weighted by molar-refractivity contribution is -0.148. The highest BCUT2D eigenvalue weighted by molar-refractivity contribution is 6.09. The molecule has 1 unspecified atom stereocenters. The van der Waals surface area contributed by atoms with E-state index in [9.17, 15) is 43.8 Å². The Morgan fingerprint density at radius 3 is 1.19 bits per heavy atom. The molecular formula is C29H32O14. The van der Waals surface area contributed by atoms with Crippen LogP contribution in [0.5, 0.6) is 0 Å². The quantitative estimate of drug-likeness (QED) is 0.158. The van der Waals surface area contributed by atoms with Crippen molar-refractivity contribution in [1.29, 1.82) is 0 Å². The first kappa shape index (κ1) is 35.8. The third-order valence-electron chi connectivity index (χ3n) is 5.31. The minimum absolute atomic E-state index is 0.00467. The van der Waals surface area contributed by atoms with E-state index in [2.05, 4.69) is 19.7 Å². The SMILES string of the molecule is C=C(C)C(=O)OCC(CC)OC(=O)c1cc(C(=O)O)c(C(=O)OC(COC(=O)C(=C)C)COC(=O)C(=C)C)cc1C(=O)O. The number of rotatable bonds is 16. The van der Waals surface area contributed by atoms with Crippen molar-refractivity contribution >= 4 is 41.8 Å². The van der Waals surface area contributed by atoms with E-state index >= 15 is 0 Å². The summed E-state index contributed by atoms with van der Waals surface area (Å²) >= 11 is 0. The Bertz CT molecular complexity index is 1320. The number of benzene rings is 1. The van der Waals surface area contributed by atoms with Gasteiger partial charge >= 0.3 is 41.8 Å². The molecule has 0 aromatic heterocycles. The Labute approximate surface area is 246 Å². The molecule has 0 radical (unpaired) electrons. The van der Waals surface area contributed by atoms with Crippen LogP contribution in [0.15, 0.2) is 48.6 Å². The molecule has 0 bridgehead atoms. The molecule has 1 aromatic rings. The molecule has 43 heavy (non-hydrogen) atoms. The lowest BCUT2D eigenvalue weighted by Crippen LogP contribution is -2.32. The normalized spacial score (nSPS) is 11.0. The third-order valence-corrected chi connectivity index (χ3v) is 5.31. The van der Waals surface area contributed by atoms with Gasteiger partial charge in [0, 0.05) is 16.7 Å². The second-order valence-electron chi connectivity index (χ2n) is 9.15. The second kappa shape index (κ2) is 16.2. The van der Waals surface area contributed by atoms with Crippen molar-refractivity contribution in [1.82, 2.24) is 0 Å². The van der Waals surface area contributed by atoms with Crippen LogP contribution in [-0.4, -0.2) is 84.0 Å². The lowest BCUT2D eigenvalue weighted by atomic mass is 9.98. The predicted octanol–water partition coefficient (Wildman–Crippen LogP) is 2.90. The van der Waals surface area contributed by atoms with E-state index in [1.807, 2.05) is 0 Å². The molecule has 0 spiro atoms. The van der Waals surface area contributed by atoms with E-state index in [4.69, 9.17) is 23.7 Å². The van der Waals surface area contributed by atoms with Crippen molar-refractivity contribution in [3.8, 4) is 0 Å². The van der Waals surface area contributed by atoms with Crippen LogP contribution >= 0.6 is 0 Å². The number of ether oxygens (including phenoxy) is 5.